The minimum atomic E-state index is 0.110. The fraction of sp³-hybridized carbons (Fsp3) is 0.647. The van der Waals surface area contributed by atoms with Crippen molar-refractivity contribution in [2.24, 2.45) is 11.7 Å². The van der Waals surface area contributed by atoms with Gasteiger partial charge in [0.05, 0.1) is 0 Å². The Bertz CT molecular complexity index is 385. The van der Waals surface area contributed by atoms with Crippen LogP contribution in [0.5, 0.6) is 0 Å². The molecule has 0 radical (unpaired) electrons. The van der Waals surface area contributed by atoms with Gasteiger partial charge in [0.2, 0.25) is 0 Å². The molecule has 1 aromatic rings. The van der Waals surface area contributed by atoms with Crippen LogP contribution in [-0.4, -0.2) is 12.1 Å². The van der Waals surface area contributed by atoms with E-state index in [0.29, 0.717) is 0 Å². The average molecular weight is 260 g/mol. The van der Waals surface area contributed by atoms with E-state index in [1.807, 2.05) is 0 Å². The Morgan fingerprint density at radius 1 is 1.21 bits per heavy atom. The smallest absolute Gasteiger partial charge is 0.0495 e. The lowest BCUT2D eigenvalue weighted by Crippen LogP contribution is -2.45. The quantitative estimate of drug-likeness (QED) is 0.800. The van der Waals surface area contributed by atoms with Crippen LogP contribution in [0.15, 0.2) is 24.3 Å². The van der Waals surface area contributed by atoms with Crippen LogP contribution in [0.25, 0.3) is 0 Å². The van der Waals surface area contributed by atoms with Crippen molar-refractivity contribution >= 4 is 5.69 Å². The molecule has 0 spiro atoms. The molecule has 1 aromatic carbocycles. The second kappa shape index (κ2) is 6.42. The van der Waals surface area contributed by atoms with Crippen molar-refractivity contribution in [1.29, 1.82) is 0 Å². The predicted octanol–water partition coefficient (Wildman–Crippen LogP) is 4.09. The van der Waals surface area contributed by atoms with E-state index >= 15 is 0 Å². The van der Waals surface area contributed by atoms with Crippen molar-refractivity contribution in [3.05, 3.63) is 29.8 Å². The number of benzene rings is 1. The molecule has 1 aliphatic carbocycles. The van der Waals surface area contributed by atoms with Gasteiger partial charge >= 0.3 is 0 Å². The fourth-order valence-corrected chi connectivity index (χ4v) is 3.21. The Labute approximate surface area is 117 Å². The lowest BCUT2D eigenvalue weighted by atomic mass is 9.89. The van der Waals surface area contributed by atoms with Gasteiger partial charge in [-0.15, -0.1) is 0 Å². The number of nitrogens with one attached hydrogen (secondary N) is 1. The van der Waals surface area contributed by atoms with Gasteiger partial charge in [0, 0.05) is 17.8 Å². The topological polar surface area (TPSA) is 38.0 Å². The van der Waals surface area contributed by atoms with E-state index in [0.717, 1.165) is 12.5 Å². The molecule has 1 saturated carbocycles. The molecular weight excluding hydrogens is 232 g/mol. The zero-order valence-corrected chi connectivity index (χ0v) is 12.4. The number of hydrogen-bond donors (Lipinski definition) is 2. The summed E-state index contributed by atoms with van der Waals surface area (Å²) < 4.78 is 0. The third-order valence-corrected chi connectivity index (χ3v) is 4.73. The van der Waals surface area contributed by atoms with Crippen molar-refractivity contribution in [1.82, 2.24) is 0 Å². The van der Waals surface area contributed by atoms with Crippen LogP contribution in [0.4, 0.5) is 5.69 Å². The second-order valence-corrected chi connectivity index (χ2v) is 6.18. The number of hydrogen-bond acceptors (Lipinski definition) is 2. The molecule has 2 nitrogen and oxygen atoms in total. The number of aryl methyl sites for hydroxylation is 1. The summed E-state index contributed by atoms with van der Waals surface area (Å²) in [5, 5.41) is 3.73. The molecule has 0 bridgehead atoms. The van der Waals surface area contributed by atoms with Gasteiger partial charge in [-0.2, -0.15) is 0 Å². The van der Waals surface area contributed by atoms with Gasteiger partial charge in [0.1, 0.15) is 0 Å². The molecule has 1 aliphatic rings. The first kappa shape index (κ1) is 14.4. The summed E-state index contributed by atoms with van der Waals surface area (Å²) in [4.78, 5) is 0. The van der Waals surface area contributed by atoms with E-state index in [9.17, 15) is 0 Å². The van der Waals surface area contributed by atoms with Crippen molar-refractivity contribution in [2.75, 3.05) is 11.9 Å². The van der Waals surface area contributed by atoms with E-state index in [1.54, 1.807) is 0 Å². The lowest BCUT2D eigenvalue weighted by Gasteiger charge is -2.34. The van der Waals surface area contributed by atoms with Crippen LogP contribution in [0, 0.1) is 12.8 Å². The van der Waals surface area contributed by atoms with Crippen LogP contribution >= 0.6 is 0 Å². The molecule has 106 valence electrons. The van der Waals surface area contributed by atoms with Gasteiger partial charge in [-0.05, 0) is 44.2 Å². The molecular formula is C17H28N2. The number of anilines is 1. The number of nitrogens with two attached hydrogens (primary N) is 1. The standard InChI is InChI=1S/C17H28N2/c1-3-15-5-4-11-17(13-18,12-10-15)19-16-8-6-14(2)7-9-16/h6-9,15,19H,3-5,10-13,18H2,1-2H3. The summed E-state index contributed by atoms with van der Waals surface area (Å²) in [6.07, 6.45) is 7.70. The summed E-state index contributed by atoms with van der Waals surface area (Å²) in [6.45, 7) is 5.17. The Kier molecular flexibility index (Phi) is 4.87. The van der Waals surface area contributed by atoms with Gasteiger partial charge in [-0.25, -0.2) is 0 Å². The molecule has 0 aromatic heterocycles. The predicted molar refractivity (Wildman–Crippen MR) is 83.5 cm³/mol. The van der Waals surface area contributed by atoms with Crippen molar-refractivity contribution in [2.45, 2.75) is 57.9 Å². The molecule has 2 rings (SSSR count). The lowest BCUT2D eigenvalue weighted by molar-refractivity contribution is 0.398. The van der Waals surface area contributed by atoms with Gasteiger partial charge in [-0.1, -0.05) is 43.9 Å². The van der Waals surface area contributed by atoms with E-state index in [2.05, 4.69) is 43.4 Å². The normalized spacial score (nSPS) is 27.8. The summed E-state index contributed by atoms with van der Waals surface area (Å²) in [7, 11) is 0. The van der Waals surface area contributed by atoms with Crippen LogP contribution in [0.2, 0.25) is 0 Å². The molecule has 0 heterocycles. The highest BCUT2D eigenvalue weighted by Gasteiger charge is 2.31. The largest absolute Gasteiger partial charge is 0.378 e. The van der Waals surface area contributed by atoms with Gasteiger partial charge in [0.25, 0.3) is 0 Å². The van der Waals surface area contributed by atoms with Crippen LogP contribution in [0.3, 0.4) is 0 Å². The highest BCUT2D eigenvalue weighted by Crippen LogP contribution is 2.33. The van der Waals surface area contributed by atoms with Crippen molar-refractivity contribution in [3.8, 4) is 0 Å². The zero-order chi connectivity index (χ0) is 13.7. The molecule has 2 unspecified atom stereocenters. The Balaban J connectivity index is 2.07. The zero-order valence-electron chi connectivity index (χ0n) is 12.4. The summed E-state index contributed by atoms with van der Waals surface area (Å²) in [5.41, 5.74) is 8.74. The molecule has 2 heteroatoms. The second-order valence-electron chi connectivity index (χ2n) is 6.18. The van der Waals surface area contributed by atoms with Crippen LogP contribution in [0.1, 0.15) is 51.0 Å². The Morgan fingerprint density at radius 2 is 1.95 bits per heavy atom. The van der Waals surface area contributed by atoms with E-state index in [4.69, 9.17) is 5.73 Å². The van der Waals surface area contributed by atoms with Crippen LogP contribution < -0.4 is 11.1 Å². The van der Waals surface area contributed by atoms with Crippen LogP contribution in [-0.2, 0) is 0 Å². The maximum Gasteiger partial charge on any atom is 0.0495 e. The maximum atomic E-state index is 6.11. The Hall–Kier alpha value is -1.02. The first-order chi connectivity index (χ1) is 9.17. The molecule has 0 aliphatic heterocycles. The fourth-order valence-electron chi connectivity index (χ4n) is 3.21. The summed E-state index contributed by atoms with van der Waals surface area (Å²) in [6, 6.07) is 8.68. The van der Waals surface area contributed by atoms with Crippen molar-refractivity contribution < 1.29 is 0 Å². The highest BCUT2D eigenvalue weighted by atomic mass is 15.0. The molecule has 3 N–H and O–H groups in total. The first-order valence-electron chi connectivity index (χ1n) is 7.72. The van der Waals surface area contributed by atoms with E-state index < -0.39 is 0 Å². The number of rotatable bonds is 4. The van der Waals surface area contributed by atoms with E-state index in [1.165, 1.54) is 49.8 Å². The van der Waals surface area contributed by atoms with Gasteiger partial charge < -0.3 is 11.1 Å². The summed E-state index contributed by atoms with van der Waals surface area (Å²) >= 11 is 0. The third-order valence-electron chi connectivity index (χ3n) is 4.73. The summed E-state index contributed by atoms with van der Waals surface area (Å²) in [5.74, 6) is 0.897. The van der Waals surface area contributed by atoms with Gasteiger partial charge in [-0.3, -0.25) is 0 Å². The SMILES string of the molecule is CCC1CCCC(CN)(Nc2ccc(C)cc2)CC1. The minimum Gasteiger partial charge on any atom is -0.378 e. The van der Waals surface area contributed by atoms with E-state index in [-0.39, 0.29) is 5.54 Å². The molecule has 2 atom stereocenters. The third kappa shape index (κ3) is 3.73. The molecule has 19 heavy (non-hydrogen) atoms. The Morgan fingerprint density at radius 3 is 2.58 bits per heavy atom. The molecule has 0 amide bonds. The molecule has 1 fully saturated rings. The highest BCUT2D eigenvalue weighted by molar-refractivity contribution is 5.47. The molecule has 0 saturated heterocycles. The minimum absolute atomic E-state index is 0.110. The van der Waals surface area contributed by atoms with Gasteiger partial charge in [0.15, 0.2) is 0 Å². The van der Waals surface area contributed by atoms with Crippen molar-refractivity contribution in [3.63, 3.8) is 0 Å². The first-order valence-corrected chi connectivity index (χ1v) is 7.72. The average Bonchev–Trinajstić information content (AvgIpc) is 2.64. The maximum absolute atomic E-state index is 6.11. The monoisotopic (exact) mass is 260 g/mol.